The predicted molar refractivity (Wildman–Crippen MR) is 126 cm³/mol. The van der Waals surface area contributed by atoms with E-state index in [2.05, 4.69) is 6.58 Å². The summed E-state index contributed by atoms with van der Waals surface area (Å²) in [6.07, 6.45) is 11.4. The van der Waals surface area contributed by atoms with E-state index in [0.717, 1.165) is 16.7 Å². The van der Waals surface area contributed by atoms with Crippen molar-refractivity contribution in [1.82, 2.24) is 0 Å². The highest BCUT2D eigenvalue weighted by molar-refractivity contribution is 5.90. The number of carbonyl (C=O) groups is 1. The van der Waals surface area contributed by atoms with E-state index in [1.807, 2.05) is 127 Å². The van der Waals surface area contributed by atoms with Crippen molar-refractivity contribution in [2.45, 2.75) is 0 Å². The summed E-state index contributed by atoms with van der Waals surface area (Å²) >= 11 is 0. The molecule has 2 heteroatoms. The van der Waals surface area contributed by atoms with E-state index in [1.54, 1.807) is 0 Å². The monoisotopic (exact) mass is 392 g/mol. The fourth-order valence-electron chi connectivity index (χ4n) is 3.05. The SMILES string of the molecule is C=C(C(=O)O)C(C=Cc1ccccc1)(C=Cc1ccccc1)C=Cc1ccccc1. The summed E-state index contributed by atoms with van der Waals surface area (Å²) in [5, 5.41) is 9.81. The number of carboxylic acid groups (broad SMARTS) is 1. The molecule has 0 heterocycles. The summed E-state index contributed by atoms with van der Waals surface area (Å²) < 4.78 is 0. The molecule has 0 aliphatic heterocycles. The van der Waals surface area contributed by atoms with Gasteiger partial charge in [-0.1, -0.05) is 134 Å². The number of hydrogen-bond acceptors (Lipinski definition) is 1. The Balaban J connectivity index is 2.10. The molecule has 0 aliphatic rings. The molecular formula is C28H24O2. The van der Waals surface area contributed by atoms with Gasteiger partial charge in [0.1, 0.15) is 0 Å². The van der Waals surface area contributed by atoms with Gasteiger partial charge in [-0.25, -0.2) is 4.79 Å². The molecule has 3 aromatic rings. The minimum Gasteiger partial charge on any atom is -0.478 e. The maximum Gasteiger partial charge on any atom is 0.332 e. The Morgan fingerprint density at radius 3 is 1.20 bits per heavy atom. The minimum atomic E-state index is -1.04. The van der Waals surface area contributed by atoms with Gasteiger partial charge in [0.15, 0.2) is 0 Å². The van der Waals surface area contributed by atoms with Crippen molar-refractivity contribution in [1.29, 1.82) is 0 Å². The van der Waals surface area contributed by atoms with E-state index < -0.39 is 11.4 Å². The Kier molecular flexibility index (Phi) is 6.96. The highest BCUT2D eigenvalue weighted by Crippen LogP contribution is 2.35. The fraction of sp³-hybridized carbons (Fsp3) is 0.0357. The van der Waals surface area contributed by atoms with E-state index in [4.69, 9.17) is 0 Å². The molecule has 148 valence electrons. The summed E-state index contributed by atoms with van der Waals surface area (Å²) in [6, 6.07) is 29.4. The molecule has 0 fully saturated rings. The highest BCUT2D eigenvalue weighted by atomic mass is 16.4. The first kappa shape index (κ1) is 20.8. The van der Waals surface area contributed by atoms with Crippen LogP contribution < -0.4 is 0 Å². The molecule has 30 heavy (non-hydrogen) atoms. The van der Waals surface area contributed by atoms with Gasteiger partial charge < -0.3 is 5.11 Å². The van der Waals surface area contributed by atoms with Gasteiger partial charge in [-0.2, -0.15) is 0 Å². The lowest BCUT2D eigenvalue weighted by atomic mass is 9.78. The molecule has 0 unspecified atom stereocenters. The normalized spacial score (nSPS) is 13.6. The van der Waals surface area contributed by atoms with Gasteiger partial charge in [-0.3, -0.25) is 0 Å². The molecule has 0 radical (unpaired) electrons. The predicted octanol–water partition coefficient (Wildman–Crippen LogP) is 6.75. The van der Waals surface area contributed by atoms with Crippen molar-refractivity contribution in [3.63, 3.8) is 0 Å². The molecule has 0 spiro atoms. The zero-order valence-corrected chi connectivity index (χ0v) is 16.7. The van der Waals surface area contributed by atoms with Crippen LogP contribution in [0.25, 0.3) is 18.2 Å². The second-order valence-electron chi connectivity index (χ2n) is 6.95. The molecule has 0 amide bonds. The Bertz CT molecular complexity index is 939. The molecule has 0 aromatic heterocycles. The van der Waals surface area contributed by atoms with Gasteiger partial charge in [-0.05, 0) is 16.7 Å². The molecule has 0 aliphatic carbocycles. The number of hydrogen-bond donors (Lipinski definition) is 1. The molecule has 0 bridgehead atoms. The fourth-order valence-corrected chi connectivity index (χ4v) is 3.05. The molecule has 0 atom stereocenters. The third-order valence-corrected chi connectivity index (χ3v) is 4.83. The second-order valence-corrected chi connectivity index (χ2v) is 6.95. The number of allylic oxidation sites excluding steroid dienone is 3. The standard InChI is InChI=1S/C28H24O2/c1-23(27(29)30)28(20-17-24-11-5-2-6-12-24,21-18-25-13-7-3-8-14-25)22-19-26-15-9-4-10-16-26/h2-22H,1H2,(H,29,30). The van der Waals surface area contributed by atoms with Crippen molar-refractivity contribution < 1.29 is 9.90 Å². The Labute approximate surface area is 177 Å². The van der Waals surface area contributed by atoms with Crippen LogP contribution in [0.1, 0.15) is 16.7 Å². The molecule has 0 saturated carbocycles. The largest absolute Gasteiger partial charge is 0.478 e. The van der Waals surface area contributed by atoms with Crippen LogP contribution in [0.2, 0.25) is 0 Å². The van der Waals surface area contributed by atoms with Crippen molar-refractivity contribution in [3.05, 3.63) is 138 Å². The van der Waals surface area contributed by atoms with Crippen molar-refractivity contribution in [2.75, 3.05) is 0 Å². The zero-order valence-electron chi connectivity index (χ0n) is 16.7. The summed E-state index contributed by atoms with van der Waals surface area (Å²) in [7, 11) is 0. The van der Waals surface area contributed by atoms with Gasteiger partial charge in [0.25, 0.3) is 0 Å². The van der Waals surface area contributed by atoms with Crippen LogP contribution >= 0.6 is 0 Å². The van der Waals surface area contributed by atoms with Crippen LogP contribution in [-0.4, -0.2) is 11.1 Å². The van der Waals surface area contributed by atoms with E-state index >= 15 is 0 Å². The van der Waals surface area contributed by atoms with E-state index in [9.17, 15) is 9.90 Å². The van der Waals surface area contributed by atoms with Crippen LogP contribution in [-0.2, 0) is 4.79 Å². The maximum absolute atomic E-state index is 12.0. The van der Waals surface area contributed by atoms with Gasteiger partial charge in [0.2, 0.25) is 0 Å². The lowest BCUT2D eigenvalue weighted by Crippen LogP contribution is -2.21. The van der Waals surface area contributed by atoms with Crippen LogP contribution in [0.4, 0.5) is 0 Å². The van der Waals surface area contributed by atoms with Crippen molar-refractivity contribution in [3.8, 4) is 0 Å². The lowest BCUT2D eigenvalue weighted by Gasteiger charge is -2.24. The maximum atomic E-state index is 12.0. The lowest BCUT2D eigenvalue weighted by molar-refractivity contribution is -0.133. The molecule has 3 rings (SSSR count). The van der Waals surface area contributed by atoms with Crippen LogP contribution in [0, 0.1) is 5.41 Å². The van der Waals surface area contributed by atoms with E-state index in [-0.39, 0.29) is 5.57 Å². The van der Waals surface area contributed by atoms with Gasteiger partial charge >= 0.3 is 5.97 Å². The average molecular weight is 392 g/mol. The second kappa shape index (κ2) is 10.0. The molecule has 2 nitrogen and oxygen atoms in total. The Hall–Kier alpha value is -3.91. The van der Waals surface area contributed by atoms with Crippen LogP contribution in [0.15, 0.2) is 121 Å². The molecule has 1 N–H and O–H groups in total. The highest BCUT2D eigenvalue weighted by Gasteiger charge is 2.29. The molecule has 0 saturated heterocycles. The quantitative estimate of drug-likeness (QED) is 0.430. The third-order valence-electron chi connectivity index (χ3n) is 4.83. The number of rotatable bonds is 8. The Morgan fingerprint density at radius 1 is 0.633 bits per heavy atom. The van der Waals surface area contributed by atoms with Crippen molar-refractivity contribution in [2.24, 2.45) is 5.41 Å². The topological polar surface area (TPSA) is 37.3 Å². The number of aliphatic carboxylic acids is 1. The first-order chi connectivity index (χ1) is 14.6. The number of carboxylic acids is 1. The van der Waals surface area contributed by atoms with Gasteiger partial charge in [0.05, 0.1) is 5.41 Å². The van der Waals surface area contributed by atoms with Gasteiger partial charge in [0, 0.05) is 5.57 Å². The number of benzene rings is 3. The molecule has 3 aromatic carbocycles. The molecular weight excluding hydrogens is 368 g/mol. The third kappa shape index (κ3) is 5.55. The zero-order chi connectivity index (χ0) is 21.2. The smallest absolute Gasteiger partial charge is 0.332 e. The first-order valence-electron chi connectivity index (χ1n) is 9.75. The van der Waals surface area contributed by atoms with E-state index in [0.29, 0.717) is 0 Å². The van der Waals surface area contributed by atoms with Crippen molar-refractivity contribution >= 4 is 24.2 Å². The van der Waals surface area contributed by atoms with Crippen LogP contribution in [0.5, 0.6) is 0 Å². The van der Waals surface area contributed by atoms with Crippen LogP contribution in [0.3, 0.4) is 0 Å². The van der Waals surface area contributed by atoms with Gasteiger partial charge in [-0.15, -0.1) is 0 Å². The average Bonchev–Trinajstić information content (AvgIpc) is 2.80. The van der Waals surface area contributed by atoms with E-state index in [1.165, 1.54) is 0 Å². The summed E-state index contributed by atoms with van der Waals surface area (Å²) in [5.74, 6) is -1.04. The summed E-state index contributed by atoms with van der Waals surface area (Å²) in [5.41, 5.74) is 2.05. The minimum absolute atomic E-state index is 0.0778. The summed E-state index contributed by atoms with van der Waals surface area (Å²) in [6.45, 7) is 3.91. The Morgan fingerprint density at radius 2 is 0.933 bits per heavy atom. The first-order valence-corrected chi connectivity index (χ1v) is 9.75. The summed E-state index contributed by atoms with van der Waals surface area (Å²) in [4.78, 5) is 12.0.